The van der Waals surface area contributed by atoms with Gasteiger partial charge in [-0.15, -0.1) is 0 Å². The average Bonchev–Trinajstić information content (AvgIpc) is 2.42. The number of rotatable bonds is 1. The number of carbonyl (C=O) groups is 1. The van der Waals surface area contributed by atoms with Crippen molar-refractivity contribution < 1.29 is 79.6 Å². The number of hydrogen-bond donors (Lipinski definition) is 1. The van der Waals surface area contributed by atoms with Gasteiger partial charge in [0.05, 0.1) is 11.1 Å². The van der Waals surface area contributed by atoms with Gasteiger partial charge >= 0.3 is 63.5 Å². The van der Waals surface area contributed by atoms with Crippen LogP contribution in [0.25, 0.3) is 0 Å². The molecule has 0 fully saturated rings. The Kier molecular flexibility index (Phi) is 9.29. The summed E-state index contributed by atoms with van der Waals surface area (Å²) in [6.07, 6.45) is -4.45. The number of hydrogen-bond acceptors (Lipinski definition) is 2. The molecule has 0 saturated carbocycles. The number of carboxylic acids is 1. The number of halogens is 4. The molecule has 22 heavy (non-hydrogen) atoms. The molecule has 2 aromatic carbocycles. The van der Waals surface area contributed by atoms with Crippen LogP contribution in [0.1, 0.15) is 15.9 Å². The summed E-state index contributed by atoms with van der Waals surface area (Å²) in [7, 11) is 0. The third-order valence-electron chi connectivity index (χ3n) is 2.28. The van der Waals surface area contributed by atoms with Crippen molar-refractivity contribution in [2.24, 2.45) is 0 Å². The van der Waals surface area contributed by atoms with Crippen LogP contribution in [0.2, 0.25) is 5.02 Å². The van der Waals surface area contributed by atoms with Crippen LogP contribution in [0.15, 0.2) is 48.5 Å². The third kappa shape index (κ3) is 7.12. The maximum absolute atomic E-state index is 11.9. The summed E-state index contributed by atoms with van der Waals surface area (Å²) >= 11 is 5.21. The van der Waals surface area contributed by atoms with Gasteiger partial charge in [0.15, 0.2) is 0 Å². The molecule has 2 aromatic rings. The third-order valence-corrected chi connectivity index (χ3v) is 2.58. The van der Waals surface area contributed by atoms with Crippen LogP contribution in [0, 0.1) is 0 Å². The molecule has 0 atom stereocenters. The number of aromatic carboxylic acids is 1. The predicted octanol–water partition coefficient (Wildman–Crippen LogP) is 0.821. The molecule has 0 aliphatic carbocycles. The fourth-order valence-corrected chi connectivity index (χ4v) is 1.44. The van der Waals surface area contributed by atoms with Gasteiger partial charge < -0.3 is 10.2 Å². The predicted molar refractivity (Wildman–Crippen MR) is 69.3 cm³/mol. The minimum atomic E-state index is -4.45. The van der Waals surface area contributed by atoms with Crippen LogP contribution >= 0.6 is 11.6 Å². The van der Waals surface area contributed by atoms with E-state index in [9.17, 15) is 23.1 Å². The van der Waals surface area contributed by atoms with E-state index >= 15 is 0 Å². The first-order valence-corrected chi connectivity index (χ1v) is 5.91. The van der Waals surface area contributed by atoms with Crippen LogP contribution in [0.4, 0.5) is 13.2 Å². The molecule has 8 heteroatoms. The quantitative estimate of drug-likeness (QED) is 0.770. The maximum Gasteiger partial charge on any atom is 1.00 e. The average molecular weight is 357 g/mol. The van der Waals surface area contributed by atoms with Crippen molar-refractivity contribution in [2.75, 3.05) is 0 Å². The fourth-order valence-electron chi connectivity index (χ4n) is 1.26. The molecule has 0 heterocycles. The molecule has 0 aliphatic rings. The van der Waals surface area contributed by atoms with E-state index in [-0.39, 0.29) is 51.4 Å². The maximum atomic E-state index is 11.9. The minimum absolute atomic E-state index is 0. The summed E-state index contributed by atoms with van der Waals surface area (Å²) in [5.41, 5.74) is -0.579. The first-order chi connectivity index (χ1) is 9.71. The van der Waals surface area contributed by atoms with Gasteiger partial charge in [-0.25, -0.2) is 4.79 Å². The zero-order valence-corrected chi connectivity index (χ0v) is 15.3. The Morgan fingerprint density at radius 2 is 1.64 bits per heavy atom. The van der Waals surface area contributed by atoms with E-state index in [1.807, 2.05) is 0 Å². The first-order valence-electron chi connectivity index (χ1n) is 5.54. The van der Waals surface area contributed by atoms with E-state index in [1.165, 1.54) is 0 Å². The van der Waals surface area contributed by atoms with Crippen LogP contribution in [-0.2, 0) is 6.18 Å². The summed E-state index contributed by atoms with van der Waals surface area (Å²) in [5, 5.41) is 18.6. The Bertz CT molecular complexity index is 618. The SMILES string of the molecule is O=C(O)c1ccccc1.[K+].[O-]c1ccc(C(F)(F)F)cc1Cl. The molecule has 1 N–H and O–H groups in total. The molecule has 0 spiro atoms. The van der Waals surface area contributed by atoms with E-state index in [2.05, 4.69) is 0 Å². The Balaban J connectivity index is 0.000000397. The van der Waals surface area contributed by atoms with E-state index in [4.69, 9.17) is 16.7 Å². The first kappa shape index (κ1) is 21.4. The molecular formula is C14H9ClF3KO3. The molecule has 0 bridgehead atoms. The van der Waals surface area contributed by atoms with Crippen LogP contribution in [0.3, 0.4) is 0 Å². The van der Waals surface area contributed by atoms with E-state index in [1.54, 1.807) is 30.3 Å². The summed E-state index contributed by atoms with van der Waals surface area (Å²) in [4.78, 5) is 10.2. The summed E-state index contributed by atoms with van der Waals surface area (Å²) in [6.45, 7) is 0. The number of benzene rings is 2. The van der Waals surface area contributed by atoms with Gasteiger partial charge in [0.1, 0.15) is 0 Å². The summed E-state index contributed by atoms with van der Waals surface area (Å²) < 4.78 is 35.8. The van der Waals surface area contributed by atoms with Crippen molar-refractivity contribution in [3.8, 4) is 5.75 Å². The number of alkyl halides is 3. The van der Waals surface area contributed by atoms with Crippen LogP contribution < -0.4 is 56.5 Å². The molecule has 0 aliphatic heterocycles. The summed E-state index contributed by atoms with van der Waals surface area (Å²) in [6, 6.07) is 10.4. The molecule has 0 radical (unpaired) electrons. The van der Waals surface area contributed by atoms with E-state index in [0.717, 1.165) is 6.07 Å². The summed E-state index contributed by atoms with van der Waals surface area (Å²) in [5.74, 6) is -1.49. The second-order valence-corrected chi connectivity index (χ2v) is 4.22. The van der Waals surface area contributed by atoms with Gasteiger partial charge in [-0.1, -0.05) is 47.7 Å². The Morgan fingerprint density at radius 3 is 2.00 bits per heavy atom. The largest absolute Gasteiger partial charge is 1.00 e. The van der Waals surface area contributed by atoms with Gasteiger partial charge in [-0.05, 0) is 18.2 Å². The molecule has 0 aromatic heterocycles. The monoisotopic (exact) mass is 356 g/mol. The van der Waals surface area contributed by atoms with Gasteiger partial charge in [0.2, 0.25) is 0 Å². The Labute approximate surface area is 172 Å². The van der Waals surface area contributed by atoms with Crippen LogP contribution in [-0.4, -0.2) is 11.1 Å². The normalized spacial score (nSPS) is 10.0. The smallest absolute Gasteiger partial charge is 0.871 e. The van der Waals surface area contributed by atoms with Crippen molar-refractivity contribution in [3.63, 3.8) is 0 Å². The number of carboxylic acid groups (broad SMARTS) is 1. The van der Waals surface area contributed by atoms with Crippen molar-refractivity contribution in [1.29, 1.82) is 0 Å². The van der Waals surface area contributed by atoms with Crippen LogP contribution in [0.5, 0.6) is 5.75 Å². The van der Waals surface area contributed by atoms with Gasteiger partial charge in [-0.2, -0.15) is 13.2 Å². The van der Waals surface area contributed by atoms with Crippen molar-refractivity contribution in [2.45, 2.75) is 6.18 Å². The van der Waals surface area contributed by atoms with Crippen molar-refractivity contribution >= 4 is 17.6 Å². The second-order valence-electron chi connectivity index (χ2n) is 3.81. The minimum Gasteiger partial charge on any atom is -0.871 e. The fraction of sp³-hybridized carbons (Fsp3) is 0.0714. The topological polar surface area (TPSA) is 60.4 Å². The van der Waals surface area contributed by atoms with Crippen molar-refractivity contribution in [3.05, 3.63) is 64.7 Å². The molecule has 0 saturated heterocycles. The molecule has 3 nitrogen and oxygen atoms in total. The second kappa shape index (κ2) is 9.54. The zero-order chi connectivity index (χ0) is 16.0. The van der Waals surface area contributed by atoms with Gasteiger partial charge in [0.25, 0.3) is 0 Å². The van der Waals surface area contributed by atoms with Gasteiger partial charge in [-0.3, -0.25) is 0 Å². The Morgan fingerprint density at radius 1 is 1.09 bits per heavy atom. The molecule has 2 rings (SSSR count). The van der Waals surface area contributed by atoms with Crippen molar-refractivity contribution in [1.82, 2.24) is 0 Å². The molecular weight excluding hydrogens is 348 g/mol. The Hall–Kier alpha value is -0.574. The molecule has 0 amide bonds. The van der Waals surface area contributed by atoms with E-state index < -0.39 is 28.5 Å². The van der Waals surface area contributed by atoms with E-state index in [0.29, 0.717) is 17.7 Å². The zero-order valence-electron chi connectivity index (χ0n) is 11.4. The molecule has 112 valence electrons. The molecule has 0 unspecified atom stereocenters. The van der Waals surface area contributed by atoms with Gasteiger partial charge in [0, 0.05) is 5.02 Å². The standard InChI is InChI=1S/C7H4ClF3O.C7H6O2.K/c8-5-3-4(7(9,10)11)1-2-6(5)12;8-7(9)6-4-2-1-3-5-6;/h1-3,12H;1-5H,(H,8,9);/q;;+1/p-1.